The Morgan fingerprint density at radius 2 is 2.00 bits per heavy atom. The van der Waals surface area contributed by atoms with E-state index in [1.165, 1.54) is 0 Å². The summed E-state index contributed by atoms with van der Waals surface area (Å²) in [4.78, 5) is 15.1. The van der Waals surface area contributed by atoms with E-state index in [1.807, 2.05) is 24.5 Å². The van der Waals surface area contributed by atoms with Crippen LogP contribution in [0.1, 0.15) is 31.3 Å². The molecule has 0 unspecified atom stereocenters. The number of hydrogen-bond donors (Lipinski definition) is 0. The smallest absolute Gasteiger partial charge is 0.185 e. The van der Waals surface area contributed by atoms with Crippen LogP contribution in [0.15, 0.2) is 41.1 Å². The molecule has 3 aromatic rings. The van der Waals surface area contributed by atoms with Crippen LogP contribution in [0.4, 0.5) is 0 Å². The Bertz CT molecular complexity index is 775. The average Bonchev–Trinajstić information content (AvgIpc) is 3.03. The summed E-state index contributed by atoms with van der Waals surface area (Å²) in [6, 6.07) is 9.46. The first-order valence-corrected chi connectivity index (χ1v) is 6.52. The third-order valence-corrected chi connectivity index (χ3v) is 3.30. The Hall–Kier alpha value is -2.36. The zero-order chi connectivity index (χ0) is 14.3. The third-order valence-electron chi connectivity index (χ3n) is 3.30. The molecule has 4 heteroatoms. The maximum absolute atomic E-state index is 10.7. The van der Waals surface area contributed by atoms with E-state index in [1.54, 1.807) is 12.1 Å². The molecule has 0 saturated heterocycles. The predicted molar refractivity (Wildman–Crippen MR) is 77.8 cm³/mol. The SMILES string of the molecule is CC(C)(C)n1cnc2cc(-c3ccc(C=O)o3)ccc21. The first-order valence-electron chi connectivity index (χ1n) is 6.52. The number of benzene rings is 1. The summed E-state index contributed by atoms with van der Waals surface area (Å²) in [5.41, 5.74) is 2.92. The number of rotatable bonds is 2. The van der Waals surface area contributed by atoms with Gasteiger partial charge < -0.3 is 8.98 Å². The predicted octanol–water partition coefficient (Wildman–Crippen LogP) is 3.86. The van der Waals surface area contributed by atoms with Gasteiger partial charge in [-0.1, -0.05) is 0 Å². The second-order valence-corrected chi connectivity index (χ2v) is 5.81. The molecule has 0 amide bonds. The largest absolute Gasteiger partial charge is 0.453 e. The third kappa shape index (κ3) is 2.03. The average molecular weight is 268 g/mol. The Balaban J connectivity index is 2.10. The Morgan fingerprint density at radius 3 is 2.65 bits per heavy atom. The van der Waals surface area contributed by atoms with Crippen molar-refractivity contribution in [1.29, 1.82) is 0 Å². The lowest BCUT2D eigenvalue weighted by atomic mass is 10.1. The maximum Gasteiger partial charge on any atom is 0.185 e. The molecule has 0 bridgehead atoms. The highest BCUT2D eigenvalue weighted by molar-refractivity contribution is 5.82. The molecular weight excluding hydrogens is 252 g/mol. The van der Waals surface area contributed by atoms with E-state index in [0.29, 0.717) is 17.8 Å². The summed E-state index contributed by atoms with van der Waals surface area (Å²) in [5, 5.41) is 0. The van der Waals surface area contributed by atoms with Crippen molar-refractivity contribution in [2.24, 2.45) is 0 Å². The summed E-state index contributed by atoms with van der Waals surface area (Å²) in [5.74, 6) is 1.01. The van der Waals surface area contributed by atoms with Crippen molar-refractivity contribution in [3.05, 3.63) is 42.4 Å². The number of hydrogen-bond acceptors (Lipinski definition) is 3. The van der Waals surface area contributed by atoms with Gasteiger partial charge in [0.25, 0.3) is 0 Å². The van der Waals surface area contributed by atoms with E-state index in [4.69, 9.17) is 4.42 Å². The van der Waals surface area contributed by atoms with Crippen molar-refractivity contribution in [1.82, 2.24) is 9.55 Å². The van der Waals surface area contributed by atoms with Crippen LogP contribution >= 0.6 is 0 Å². The molecule has 2 aromatic heterocycles. The van der Waals surface area contributed by atoms with E-state index in [2.05, 4.69) is 30.3 Å². The molecule has 0 aliphatic heterocycles. The molecule has 102 valence electrons. The van der Waals surface area contributed by atoms with Crippen LogP contribution in [0.25, 0.3) is 22.4 Å². The highest BCUT2D eigenvalue weighted by Crippen LogP contribution is 2.27. The van der Waals surface area contributed by atoms with Gasteiger partial charge in [-0.05, 0) is 51.1 Å². The summed E-state index contributed by atoms with van der Waals surface area (Å²) in [6.07, 6.45) is 2.56. The quantitative estimate of drug-likeness (QED) is 0.663. The molecular formula is C16H16N2O2. The zero-order valence-electron chi connectivity index (χ0n) is 11.8. The van der Waals surface area contributed by atoms with E-state index >= 15 is 0 Å². The molecule has 0 spiro atoms. The van der Waals surface area contributed by atoms with Crippen molar-refractivity contribution in [3.63, 3.8) is 0 Å². The monoisotopic (exact) mass is 268 g/mol. The van der Waals surface area contributed by atoms with E-state index in [0.717, 1.165) is 16.6 Å². The van der Waals surface area contributed by atoms with E-state index < -0.39 is 0 Å². The van der Waals surface area contributed by atoms with Crippen LogP contribution in [-0.2, 0) is 5.54 Å². The van der Waals surface area contributed by atoms with E-state index in [-0.39, 0.29) is 5.54 Å². The molecule has 4 nitrogen and oxygen atoms in total. The van der Waals surface area contributed by atoms with Crippen molar-refractivity contribution in [2.45, 2.75) is 26.3 Å². The number of aldehydes is 1. The summed E-state index contributed by atoms with van der Waals surface area (Å²) in [7, 11) is 0. The van der Waals surface area contributed by atoms with Gasteiger partial charge in [-0.2, -0.15) is 0 Å². The standard InChI is InChI=1S/C16H16N2O2/c1-16(2,3)18-10-17-13-8-11(4-6-14(13)18)15-7-5-12(9-19)20-15/h4-10H,1-3H3. The summed E-state index contributed by atoms with van der Waals surface area (Å²) >= 11 is 0. The number of carbonyl (C=O) groups is 1. The first kappa shape index (κ1) is 12.7. The molecule has 1 aromatic carbocycles. The van der Waals surface area contributed by atoms with Gasteiger partial charge in [-0.15, -0.1) is 0 Å². The minimum absolute atomic E-state index is 0.00830. The lowest BCUT2D eigenvalue weighted by Gasteiger charge is -2.21. The number of fused-ring (bicyclic) bond motifs is 1. The minimum Gasteiger partial charge on any atom is -0.453 e. The number of furan rings is 1. The van der Waals surface area contributed by atoms with Gasteiger partial charge in [-0.3, -0.25) is 4.79 Å². The highest BCUT2D eigenvalue weighted by atomic mass is 16.3. The molecule has 0 fully saturated rings. The van der Waals surface area contributed by atoms with Crippen LogP contribution in [0, 0.1) is 0 Å². The summed E-state index contributed by atoms with van der Waals surface area (Å²) in [6.45, 7) is 6.43. The molecule has 3 rings (SSSR count). The van der Waals surface area contributed by atoms with Crippen molar-refractivity contribution in [3.8, 4) is 11.3 Å². The fraction of sp³-hybridized carbons (Fsp3) is 0.250. The fourth-order valence-electron chi connectivity index (χ4n) is 2.27. The summed E-state index contributed by atoms with van der Waals surface area (Å²) < 4.78 is 7.58. The van der Waals surface area contributed by atoms with Gasteiger partial charge >= 0.3 is 0 Å². The Kier molecular flexibility index (Phi) is 2.74. The number of imidazole rings is 1. The van der Waals surface area contributed by atoms with Crippen molar-refractivity contribution < 1.29 is 9.21 Å². The molecule has 0 aliphatic rings. The molecule has 0 atom stereocenters. The second kappa shape index (κ2) is 4.34. The Labute approximate surface area is 117 Å². The van der Waals surface area contributed by atoms with Gasteiger partial charge in [0.15, 0.2) is 12.0 Å². The lowest BCUT2D eigenvalue weighted by molar-refractivity contribution is 0.110. The van der Waals surface area contributed by atoms with Gasteiger partial charge in [0.05, 0.1) is 17.4 Å². The normalized spacial score (nSPS) is 11.9. The number of nitrogens with zero attached hydrogens (tertiary/aromatic N) is 2. The Morgan fingerprint density at radius 1 is 1.20 bits per heavy atom. The molecule has 0 aliphatic carbocycles. The number of aromatic nitrogens is 2. The fourth-order valence-corrected chi connectivity index (χ4v) is 2.27. The van der Waals surface area contributed by atoms with E-state index in [9.17, 15) is 4.79 Å². The maximum atomic E-state index is 10.7. The molecule has 20 heavy (non-hydrogen) atoms. The first-order chi connectivity index (χ1) is 9.49. The topological polar surface area (TPSA) is 48.0 Å². The van der Waals surface area contributed by atoms with Gasteiger partial charge in [-0.25, -0.2) is 4.98 Å². The van der Waals surface area contributed by atoms with Crippen LogP contribution in [0.5, 0.6) is 0 Å². The molecule has 0 radical (unpaired) electrons. The van der Waals surface area contributed by atoms with Crippen molar-refractivity contribution in [2.75, 3.05) is 0 Å². The highest BCUT2D eigenvalue weighted by Gasteiger charge is 2.16. The molecule has 0 N–H and O–H groups in total. The van der Waals surface area contributed by atoms with Gasteiger partial charge in [0, 0.05) is 11.1 Å². The van der Waals surface area contributed by atoms with Crippen LogP contribution in [0.3, 0.4) is 0 Å². The van der Waals surface area contributed by atoms with Crippen LogP contribution in [-0.4, -0.2) is 15.8 Å². The van der Waals surface area contributed by atoms with Gasteiger partial charge in [0.2, 0.25) is 0 Å². The lowest BCUT2D eigenvalue weighted by Crippen LogP contribution is -2.20. The van der Waals surface area contributed by atoms with Gasteiger partial charge in [0.1, 0.15) is 5.76 Å². The number of carbonyl (C=O) groups excluding carboxylic acids is 1. The second-order valence-electron chi connectivity index (χ2n) is 5.81. The van der Waals surface area contributed by atoms with Crippen LogP contribution in [0.2, 0.25) is 0 Å². The molecule has 2 heterocycles. The zero-order valence-corrected chi connectivity index (χ0v) is 11.8. The van der Waals surface area contributed by atoms with Crippen molar-refractivity contribution >= 4 is 17.3 Å². The van der Waals surface area contributed by atoms with Crippen LogP contribution < -0.4 is 0 Å². The minimum atomic E-state index is -0.00830. The molecule has 0 saturated carbocycles.